The molecular weight excluding hydrogens is 450 g/mol. The van der Waals surface area contributed by atoms with Crippen LogP contribution in [-0.2, 0) is 4.79 Å². The Balaban J connectivity index is 1.37. The second-order valence-corrected chi connectivity index (χ2v) is 8.85. The summed E-state index contributed by atoms with van der Waals surface area (Å²) in [6, 6.07) is 22.0. The van der Waals surface area contributed by atoms with Crippen LogP contribution in [0.5, 0.6) is 11.5 Å². The highest BCUT2D eigenvalue weighted by molar-refractivity contribution is 6.35. The summed E-state index contributed by atoms with van der Waals surface area (Å²) in [7, 11) is 1.66. The lowest BCUT2D eigenvalue weighted by Gasteiger charge is -2.17. The number of nitrogens with zero attached hydrogens (tertiary/aromatic N) is 1. The predicted octanol–water partition coefficient (Wildman–Crippen LogP) is 6.06. The van der Waals surface area contributed by atoms with Crippen molar-refractivity contribution < 1.29 is 14.3 Å². The molecule has 0 radical (unpaired) electrons. The number of aromatic nitrogens is 1. The third-order valence-electron chi connectivity index (χ3n) is 6.69. The highest BCUT2D eigenvalue weighted by Gasteiger charge is 2.24. The Morgan fingerprint density at radius 1 is 0.917 bits per heavy atom. The molecule has 1 aliphatic rings. The largest absolute Gasteiger partial charge is 0.497 e. The van der Waals surface area contributed by atoms with Gasteiger partial charge in [0.25, 0.3) is 5.91 Å². The van der Waals surface area contributed by atoms with Gasteiger partial charge in [0.05, 0.1) is 12.7 Å². The maximum atomic E-state index is 12.8. The first-order valence-corrected chi connectivity index (χ1v) is 12.4. The molecule has 0 fully saturated rings. The Bertz CT molecular complexity index is 1430. The number of rotatable bonds is 9. The van der Waals surface area contributed by atoms with Crippen molar-refractivity contribution in [2.45, 2.75) is 13.8 Å². The minimum absolute atomic E-state index is 0.105. The third kappa shape index (κ3) is 4.86. The highest BCUT2D eigenvalue weighted by Crippen LogP contribution is 2.37. The molecule has 0 bridgehead atoms. The molecule has 1 aliphatic heterocycles. The Kier molecular flexibility index (Phi) is 6.78. The van der Waals surface area contributed by atoms with Crippen molar-refractivity contribution in [3.05, 3.63) is 78.0 Å². The summed E-state index contributed by atoms with van der Waals surface area (Å²) in [5.41, 5.74) is 6.29. The Morgan fingerprint density at radius 2 is 1.75 bits per heavy atom. The molecule has 0 saturated heterocycles. The van der Waals surface area contributed by atoms with Crippen molar-refractivity contribution in [1.82, 2.24) is 9.88 Å². The number of amides is 1. The monoisotopic (exact) mass is 481 g/mol. The zero-order chi connectivity index (χ0) is 25.1. The van der Waals surface area contributed by atoms with Gasteiger partial charge in [0, 0.05) is 34.4 Å². The number of hydrogen-bond donors (Lipinski definition) is 2. The second kappa shape index (κ2) is 10.3. The average molecular weight is 482 g/mol. The van der Waals surface area contributed by atoms with E-state index in [1.807, 2.05) is 66.7 Å². The molecular formula is C30H31N3O3. The predicted molar refractivity (Wildman–Crippen MR) is 147 cm³/mol. The SMILES string of the molecule is CCN(CC)CCOc1ccc2[nH]c(C=C3C(=O)Nc4cc(-c5cccc(OC)c5)ccc43)cc2c1. The summed E-state index contributed by atoms with van der Waals surface area (Å²) in [4.78, 5) is 18.6. The minimum atomic E-state index is -0.105. The number of methoxy groups -OCH3 is 1. The third-order valence-corrected chi connectivity index (χ3v) is 6.69. The number of fused-ring (bicyclic) bond motifs is 2. The van der Waals surface area contributed by atoms with E-state index in [1.54, 1.807) is 7.11 Å². The van der Waals surface area contributed by atoms with Crippen molar-refractivity contribution >= 4 is 34.1 Å². The van der Waals surface area contributed by atoms with Gasteiger partial charge >= 0.3 is 0 Å². The molecule has 36 heavy (non-hydrogen) atoms. The Morgan fingerprint density at radius 3 is 2.56 bits per heavy atom. The summed E-state index contributed by atoms with van der Waals surface area (Å²) in [6.45, 7) is 7.93. The zero-order valence-corrected chi connectivity index (χ0v) is 20.9. The summed E-state index contributed by atoms with van der Waals surface area (Å²) in [5.74, 6) is 1.54. The first kappa shape index (κ1) is 23.7. The van der Waals surface area contributed by atoms with Crippen molar-refractivity contribution in [2.75, 3.05) is 38.7 Å². The first-order chi connectivity index (χ1) is 17.6. The topological polar surface area (TPSA) is 66.6 Å². The highest BCUT2D eigenvalue weighted by atomic mass is 16.5. The van der Waals surface area contributed by atoms with E-state index in [1.165, 1.54) is 0 Å². The van der Waals surface area contributed by atoms with E-state index >= 15 is 0 Å². The second-order valence-electron chi connectivity index (χ2n) is 8.85. The van der Waals surface area contributed by atoms with Crippen molar-refractivity contribution in [1.29, 1.82) is 0 Å². The van der Waals surface area contributed by atoms with Crippen LogP contribution < -0.4 is 14.8 Å². The van der Waals surface area contributed by atoms with Gasteiger partial charge in [0.2, 0.25) is 0 Å². The fourth-order valence-corrected chi connectivity index (χ4v) is 4.61. The lowest BCUT2D eigenvalue weighted by Crippen LogP contribution is -2.27. The number of aromatic amines is 1. The zero-order valence-electron chi connectivity index (χ0n) is 20.9. The number of likely N-dealkylation sites (N-methyl/N-ethyl adjacent to an activating group) is 1. The molecule has 3 aromatic carbocycles. The van der Waals surface area contributed by atoms with Gasteiger partial charge in [-0.3, -0.25) is 4.79 Å². The summed E-state index contributed by atoms with van der Waals surface area (Å²) in [6.07, 6.45) is 1.91. The normalized spacial score (nSPS) is 13.9. The molecule has 1 amide bonds. The van der Waals surface area contributed by atoms with Gasteiger partial charge in [-0.1, -0.05) is 38.1 Å². The summed E-state index contributed by atoms with van der Waals surface area (Å²) in [5, 5.41) is 4.06. The summed E-state index contributed by atoms with van der Waals surface area (Å²) < 4.78 is 11.3. The van der Waals surface area contributed by atoms with Crippen LogP contribution in [0.3, 0.4) is 0 Å². The number of anilines is 1. The average Bonchev–Trinajstić information content (AvgIpc) is 3.45. The van der Waals surface area contributed by atoms with E-state index in [-0.39, 0.29) is 5.91 Å². The van der Waals surface area contributed by atoms with Crippen LogP contribution in [0.4, 0.5) is 5.69 Å². The van der Waals surface area contributed by atoms with Crippen LogP contribution in [0.25, 0.3) is 33.7 Å². The molecule has 0 aliphatic carbocycles. The van der Waals surface area contributed by atoms with Crippen molar-refractivity contribution in [2.24, 2.45) is 0 Å². The van der Waals surface area contributed by atoms with E-state index in [0.717, 1.165) is 70.1 Å². The number of carbonyl (C=O) groups excluding carboxylic acids is 1. The van der Waals surface area contributed by atoms with Crippen LogP contribution in [-0.4, -0.2) is 49.1 Å². The van der Waals surface area contributed by atoms with E-state index in [2.05, 4.69) is 35.1 Å². The van der Waals surface area contributed by atoms with E-state index < -0.39 is 0 Å². The number of hydrogen-bond acceptors (Lipinski definition) is 4. The Labute approximate surface area is 211 Å². The molecule has 0 unspecified atom stereocenters. The van der Waals surface area contributed by atoms with Crippen LogP contribution in [0.15, 0.2) is 66.7 Å². The molecule has 5 rings (SSSR count). The van der Waals surface area contributed by atoms with Crippen LogP contribution in [0, 0.1) is 0 Å². The smallest absolute Gasteiger partial charge is 0.256 e. The standard InChI is InChI=1S/C30H31N3O3/c1-4-33(5-2)13-14-36-25-10-12-28-22(17-25)15-23(31-28)19-27-26-11-9-21(18-29(26)32-30(27)34)20-7-6-8-24(16-20)35-3/h6-12,15-19,31H,4-5,13-14H2,1-3H3,(H,32,34). The fraction of sp³-hybridized carbons (Fsp3) is 0.233. The molecule has 0 saturated carbocycles. The quantitative estimate of drug-likeness (QED) is 0.285. The number of nitrogens with one attached hydrogen (secondary N) is 2. The molecule has 0 spiro atoms. The lowest BCUT2D eigenvalue weighted by molar-refractivity contribution is -0.110. The molecule has 6 heteroatoms. The van der Waals surface area contributed by atoms with Gasteiger partial charge in [-0.25, -0.2) is 0 Å². The van der Waals surface area contributed by atoms with Gasteiger partial charge in [-0.05, 0) is 72.8 Å². The molecule has 2 heterocycles. The number of ether oxygens (including phenoxy) is 2. The minimum Gasteiger partial charge on any atom is -0.497 e. The van der Waals surface area contributed by atoms with Gasteiger partial charge in [-0.15, -0.1) is 0 Å². The number of H-pyrrole nitrogens is 1. The van der Waals surface area contributed by atoms with Gasteiger partial charge in [-0.2, -0.15) is 0 Å². The summed E-state index contributed by atoms with van der Waals surface area (Å²) >= 11 is 0. The Hall–Kier alpha value is -4.03. The maximum absolute atomic E-state index is 12.8. The van der Waals surface area contributed by atoms with E-state index in [0.29, 0.717) is 12.2 Å². The maximum Gasteiger partial charge on any atom is 0.256 e. The number of carbonyl (C=O) groups is 1. The van der Waals surface area contributed by atoms with Gasteiger partial charge in [0.15, 0.2) is 0 Å². The van der Waals surface area contributed by atoms with Crippen LogP contribution >= 0.6 is 0 Å². The molecule has 4 aromatic rings. The fourth-order valence-electron chi connectivity index (χ4n) is 4.61. The molecule has 184 valence electrons. The van der Waals surface area contributed by atoms with Crippen LogP contribution in [0.1, 0.15) is 25.1 Å². The number of benzene rings is 3. The molecule has 6 nitrogen and oxygen atoms in total. The van der Waals surface area contributed by atoms with Gasteiger partial charge < -0.3 is 24.7 Å². The molecule has 2 N–H and O–H groups in total. The van der Waals surface area contributed by atoms with E-state index in [9.17, 15) is 4.79 Å². The lowest BCUT2D eigenvalue weighted by atomic mass is 10.00. The van der Waals surface area contributed by atoms with Crippen molar-refractivity contribution in [3.63, 3.8) is 0 Å². The van der Waals surface area contributed by atoms with Gasteiger partial charge in [0.1, 0.15) is 18.1 Å². The van der Waals surface area contributed by atoms with Crippen LogP contribution in [0.2, 0.25) is 0 Å². The van der Waals surface area contributed by atoms with Crippen molar-refractivity contribution in [3.8, 4) is 22.6 Å². The molecule has 0 atom stereocenters. The van der Waals surface area contributed by atoms with E-state index in [4.69, 9.17) is 9.47 Å². The first-order valence-electron chi connectivity index (χ1n) is 12.4. The molecule has 1 aromatic heterocycles.